The van der Waals surface area contributed by atoms with E-state index in [9.17, 15) is 18.8 Å². The third-order valence-corrected chi connectivity index (χ3v) is 5.20. The molecule has 0 bridgehead atoms. The van der Waals surface area contributed by atoms with E-state index in [0.29, 0.717) is 26.2 Å². The summed E-state index contributed by atoms with van der Waals surface area (Å²) in [5.41, 5.74) is 0.990. The van der Waals surface area contributed by atoms with Gasteiger partial charge in [-0.15, -0.1) is 0 Å². The maximum absolute atomic E-state index is 13.2. The molecule has 0 spiro atoms. The summed E-state index contributed by atoms with van der Waals surface area (Å²) in [6.45, 7) is 3.91. The van der Waals surface area contributed by atoms with Crippen LogP contribution in [-0.4, -0.2) is 65.3 Å². The number of likely N-dealkylation sites (N-methyl/N-ethyl adjacent to an activating group) is 1. The Bertz CT molecular complexity index is 692. The lowest BCUT2D eigenvalue weighted by Gasteiger charge is -2.35. The van der Waals surface area contributed by atoms with Crippen LogP contribution in [0.2, 0.25) is 0 Å². The Hall–Kier alpha value is -2.44. The van der Waals surface area contributed by atoms with Gasteiger partial charge in [-0.3, -0.25) is 14.5 Å². The van der Waals surface area contributed by atoms with Crippen molar-refractivity contribution in [2.45, 2.75) is 32.1 Å². The number of urea groups is 1. The Labute approximate surface area is 152 Å². The Morgan fingerprint density at radius 2 is 1.81 bits per heavy atom. The van der Waals surface area contributed by atoms with Crippen LogP contribution in [-0.2, 0) is 9.59 Å². The quantitative estimate of drug-likeness (QED) is 0.759. The summed E-state index contributed by atoms with van der Waals surface area (Å²) in [5.74, 6) is -1.54. The number of carbonyl (C=O) groups excluding carboxylic acids is 3. The number of carbonyl (C=O) groups is 3. The van der Waals surface area contributed by atoms with E-state index in [1.54, 1.807) is 17.0 Å². The summed E-state index contributed by atoms with van der Waals surface area (Å²) in [6, 6.07) is 5.97. The predicted molar refractivity (Wildman–Crippen MR) is 93.9 cm³/mol. The fraction of sp³-hybridized carbons (Fsp3) is 0.526. The zero-order chi connectivity index (χ0) is 18.7. The second kappa shape index (κ2) is 7.85. The van der Waals surface area contributed by atoms with Crippen LogP contribution in [0.15, 0.2) is 24.3 Å². The van der Waals surface area contributed by atoms with Gasteiger partial charge in [0.1, 0.15) is 5.82 Å². The topological polar surface area (TPSA) is 60.9 Å². The average molecular weight is 361 g/mol. The number of likely N-dealkylation sites (tertiary alicyclic amines) is 1. The van der Waals surface area contributed by atoms with Crippen molar-refractivity contribution in [1.82, 2.24) is 14.7 Å². The van der Waals surface area contributed by atoms with Crippen molar-refractivity contribution >= 4 is 17.8 Å². The minimum Gasteiger partial charge on any atom is -0.333 e. The first-order chi connectivity index (χ1) is 12.5. The highest BCUT2D eigenvalue weighted by Gasteiger charge is 2.38. The number of hydrogen-bond acceptors (Lipinski definition) is 3. The molecule has 2 aliphatic rings. The molecule has 0 aromatic heterocycles. The van der Waals surface area contributed by atoms with Crippen molar-refractivity contribution < 1.29 is 18.8 Å². The van der Waals surface area contributed by atoms with Gasteiger partial charge in [0.15, 0.2) is 0 Å². The molecule has 2 saturated heterocycles. The summed E-state index contributed by atoms with van der Waals surface area (Å²) >= 11 is 0. The van der Waals surface area contributed by atoms with Gasteiger partial charge in [0.25, 0.3) is 0 Å². The molecule has 140 valence electrons. The fourth-order valence-electron chi connectivity index (χ4n) is 3.65. The second-order valence-electron chi connectivity index (χ2n) is 6.81. The maximum Gasteiger partial charge on any atom is 0.327 e. The number of rotatable bonds is 2. The molecule has 1 aromatic rings. The van der Waals surface area contributed by atoms with E-state index in [0.717, 1.165) is 29.7 Å². The van der Waals surface area contributed by atoms with Gasteiger partial charge in [-0.1, -0.05) is 18.6 Å². The first kappa shape index (κ1) is 18.4. The minimum atomic E-state index is -0.745. The van der Waals surface area contributed by atoms with E-state index in [1.165, 1.54) is 17.0 Å². The van der Waals surface area contributed by atoms with Crippen LogP contribution in [0.25, 0.3) is 0 Å². The molecule has 1 aromatic carbocycles. The molecule has 4 amide bonds. The van der Waals surface area contributed by atoms with Crippen molar-refractivity contribution in [3.63, 3.8) is 0 Å². The van der Waals surface area contributed by atoms with E-state index >= 15 is 0 Å². The molecule has 6 nitrogen and oxygen atoms in total. The first-order valence-corrected chi connectivity index (χ1v) is 9.16. The number of nitrogens with zero attached hydrogens (tertiary/aromatic N) is 3. The lowest BCUT2D eigenvalue weighted by molar-refractivity contribution is -0.153. The lowest BCUT2D eigenvalue weighted by atomic mass is 9.94. The number of hydrogen-bond donors (Lipinski definition) is 0. The van der Waals surface area contributed by atoms with Gasteiger partial charge in [-0.2, -0.15) is 0 Å². The number of halogens is 1. The molecule has 2 aliphatic heterocycles. The van der Waals surface area contributed by atoms with Gasteiger partial charge in [0, 0.05) is 38.6 Å². The smallest absolute Gasteiger partial charge is 0.327 e. The summed E-state index contributed by atoms with van der Waals surface area (Å²) in [7, 11) is 0. The standard InChI is InChI=1S/C19H24FN3O3/c1-2-21-11-12-23(18(25)17(21)24)19(26)22-10-4-3-5-15(13-22)14-6-8-16(20)9-7-14/h6-9,15H,2-5,10-13H2,1H3/t15-/m1/s1. The molecular weight excluding hydrogens is 337 g/mol. The van der Waals surface area contributed by atoms with Crippen molar-refractivity contribution in [1.29, 1.82) is 0 Å². The molecule has 26 heavy (non-hydrogen) atoms. The Balaban J connectivity index is 1.73. The monoisotopic (exact) mass is 361 g/mol. The average Bonchev–Trinajstić information content (AvgIpc) is 2.90. The second-order valence-corrected chi connectivity index (χ2v) is 6.81. The Morgan fingerprint density at radius 1 is 1.08 bits per heavy atom. The molecular formula is C19H24FN3O3. The fourth-order valence-corrected chi connectivity index (χ4v) is 3.65. The molecule has 1 atom stereocenters. The van der Waals surface area contributed by atoms with Crippen LogP contribution in [0.4, 0.5) is 9.18 Å². The zero-order valence-electron chi connectivity index (χ0n) is 15.0. The van der Waals surface area contributed by atoms with E-state index in [4.69, 9.17) is 0 Å². The summed E-state index contributed by atoms with van der Waals surface area (Å²) in [6.07, 6.45) is 2.72. The highest BCUT2D eigenvalue weighted by atomic mass is 19.1. The minimum absolute atomic E-state index is 0.102. The molecule has 0 N–H and O–H groups in total. The SMILES string of the molecule is CCN1CCN(C(=O)N2CCCC[C@@H](c3ccc(F)cc3)C2)C(=O)C1=O. The molecule has 7 heteroatoms. The Morgan fingerprint density at radius 3 is 2.50 bits per heavy atom. The zero-order valence-corrected chi connectivity index (χ0v) is 15.0. The van der Waals surface area contributed by atoms with E-state index in [-0.39, 0.29) is 18.3 Å². The molecule has 0 radical (unpaired) electrons. The predicted octanol–water partition coefficient (Wildman–Crippen LogP) is 2.21. The molecule has 0 aliphatic carbocycles. The van der Waals surface area contributed by atoms with Gasteiger partial charge in [-0.25, -0.2) is 9.18 Å². The number of imide groups is 1. The number of piperazine rings is 1. The van der Waals surface area contributed by atoms with E-state index in [1.807, 2.05) is 6.92 Å². The van der Waals surface area contributed by atoms with Crippen LogP contribution in [0.5, 0.6) is 0 Å². The van der Waals surface area contributed by atoms with Gasteiger partial charge in [0.05, 0.1) is 0 Å². The third kappa shape index (κ3) is 3.71. The van der Waals surface area contributed by atoms with Crippen molar-refractivity contribution in [3.05, 3.63) is 35.6 Å². The third-order valence-electron chi connectivity index (χ3n) is 5.20. The van der Waals surface area contributed by atoms with Crippen molar-refractivity contribution in [3.8, 4) is 0 Å². The molecule has 3 rings (SSSR count). The summed E-state index contributed by atoms with van der Waals surface area (Å²) in [5, 5.41) is 0. The van der Waals surface area contributed by atoms with Crippen molar-refractivity contribution in [2.75, 3.05) is 32.7 Å². The largest absolute Gasteiger partial charge is 0.333 e. The van der Waals surface area contributed by atoms with Crippen LogP contribution in [0.1, 0.15) is 37.7 Å². The van der Waals surface area contributed by atoms with Gasteiger partial charge in [-0.05, 0) is 37.5 Å². The first-order valence-electron chi connectivity index (χ1n) is 9.16. The molecule has 0 saturated carbocycles. The van der Waals surface area contributed by atoms with Gasteiger partial charge < -0.3 is 9.80 Å². The molecule has 2 heterocycles. The summed E-state index contributed by atoms with van der Waals surface area (Å²) < 4.78 is 13.2. The van der Waals surface area contributed by atoms with Gasteiger partial charge in [0.2, 0.25) is 0 Å². The van der Waals surface area contributed by atoms with Crippen LogP contribution in [0, 0.1) is 5.82 Å². The number of amides is 4. The molecule has 0 unspecified atom stereocenters. The normalized spacial score (nSPS) is 21.8. The Kier molecular flexibility index (Phi) is 5.54. The lowest BCUT2D eigenvalue weighted by Crippen LogP contribution is -2.59. The van der Waals surface area contributed by atoms with E-state index < -0.39 is 17.8 Å². The van der Waals surface area contributed by atoms with Crippen LogP contribution < -0.4 is 0 Å². The summed E-state index contributed by atoms with van der Waals surface area (Å²) in [4.78, 5) is 41.4. The number of benzene rings is 1. The maximum atomic E-state index is 13.2. The molecule has 2 fully saturated rings. The van der Waals surface area contributed by atoms with E-state index in [2.05, 4.69) is 0 Å². The van der Waals surface area contributed by atoms with Gasteiger partial charge >= 0.3 is 17.8 Å². The highest BCUT2D eigenvalue weighted by Crippen LogP contribution is 2.27. The highest BCUT2D eigenvalue weighted by molar-refractivity contribution is 6.38. The van der Waals surface area contributed by atoms with Crippen LogP contribution >= 0.6 is 0 Å². The van der Waals surface area contributed by atoms with Crippen molar-refractivity contribution in [2.24, 2.45) is 0 Å². The van der Waals surface area contributed by atoms with Crippen LogP contribution in [0.3, 0.4) is 0 Å².